The van der Waals surface area contributed by atoms with E-state index in [1.165, 1.54) is 24.3 Å². The van der Waals surface area contributed by atoms with E-state index < -0.39 is 144 Å². The fraction of sp³-hybridized carbons (Fsp3) is 0. The van der Waals surface area contributed by atoms with Gasteiger partial charge in [0, 0.05) is 0 Å². The van der Waals surface area contributed by atoms with Gasteiger partial charge in [0.25, 0.3) is 0 Å². The maximum Gasteiger partial charge on any atom is 0.200 e. The molecule has 66 heavy (non-hydrogen) atoms. The van der Waals surface area contributed by atoms with Gasteiger partial charge < -0.3 is 0 Å². The van der Waals surface area contributed by atoms with Gasteiger partial charge in [0.15, 0.2) is 84.5 Å². The third-order valence-corrected chi connectivity index (χ3v) is 12.0. The molecule has 0 heterocycles. The van der Waals surface area contributed by atoms with E-state index in [0.29, 0.717) is 0 Å². The first-order chi connectivity index (χ1) is 30.9. The van der Waals surface area contributed by atoms with Crippen molar-refractivity contribution < 1.29 is 96.6 Å². The lowest BCUT2D eigenvalue weighted by Gasteiger charge is -2.44. The molecule has 0 amide bonds. The summed E-state index contributed by atoms with van der Waals surface area (Å²) >= 11 is 0. The summed E-state index contributed by atoms with van der Waals surface area (Å²) in [6.07, 6.45) is -7.22. The summed E-state index contributed by atoms with van der Waals surface area (Å²) in [6.45, 7) is 0. The van der Waals surface area contributed by atoms with Gasteiger partial charge in [-0.25, -0.2) is 96.6 Å². The van der Waals surface area contributed by atoms with Crippen LogP contribution in [-0.4, -0.2) is 6.15 Å². The third-order valence-electron chi connectivity index (χ3n) is 9.78. The van der Waals surface area contributed by atoms with Crippen LogP contribution in [0.1, 0.15) is 0 Å². The first-order valence-electron chi connectivity index (χ1n) is 17.5. The molecule has 24 heteroatoms. The number of halogens is 22. The van der Waals surface area contributed by atoms with Gasteiger partial charge in [0.05, 0.1) is 10.9 Å². The number of benzene rings is 7. The summed E-state index contributed by atoms with van der Waals surface area (Å²) in [4.78, 5) is 3.14. The Hall–Kier alpha value is -6.59. The minimum atomic E-state index is -7.22. The SMILES string of the molecule is Fc1c(F)c(F)c([B-](c2c(F)c(F)c(F)c(F)c2F)(c2c(F)c(F)c(F)c(F)c2F)c2c(F)c(F)c(F)c(F)c2F)c(F)c1F.Fc1ccc([S+](c2ccccc2)c2ccc(F)cc2)cc1. The van der Waals surface area contributed by atoms with E-state index in [0.717, 1.165) is 14.7 Å². The zero-order valence-electron chi connectivity index (χ0n) is 31.3. The van der Waals surface area contributed by atoms with Crippen molar-refractivity contribution in [3.05, 3.63) is 207 Å². The van der Waals surface area contributed by atoms with Crippen molar-refractivity contribution in [2.45, 2.75) is 14.7 Å². The third kappa shape index (κ3) is 7.76. The molecule has 0 nitrogen and oxygen atoms in total. The van der Waals surface area contributed by atoms with Crippen LogP contribution in [0.2, 0.25) is 0 Å². The molecular formula is C42H13BF22S. The summed E-state index contributed by atoms with van der Waals surface area (Å²) in [6, 6.07) is 23.0. The molecular weight excluding hydrogens is 965 g/mol. The van der Waals surface area contributed by atoms with E-state index in [9.17, 15) is 61.5 Å². The van der Waals surface area contributed by atoms with Crippen molar-refractivity contribution in [1.29, 1.82) is 0 Å². The van der Waals surface area contributed by atoms with Crippen LogP contribution < -0.4 is 21.9 Å². The Kier molecular flexibility index (Phi) is 13.6. The average molecular weight is 978 g/mol. The number of hydrogen-bond acceptors (Lipinski definition) is 0. The van der Waals surface area contributed by atoms with Crippen LogP contribution in [0, 0.1) is 128 Å². The van der Waals surface area contributed by atoms with Crippen molar-refractivity contribution in [2.75, 3.05) is 0 Å². The van der Waals surface area contributed by atoms with Gasteiger partial charge in [-0.2, -0.15) is 0 Å². The largest absolute Gasteiger partial charge is 0.207 e. The second kappa shape index (κ2) is 18.4. The first-order valence-corrected chi connectivity index (χ1v) is 18.7. The molecule has 0 aliphatic carbocycles. The molecule has 0 bridgehead atoms. The van der Waals surface area contributed by atoms with Crippen LogP contribution in [-0.2, 0) is 10.9 Å². The van der Waals surface area contributed by atoms with E-state index in [1.807, 2.05) is 30.3 Å². The molecule has 0 aliphatic rings. The molecule has 0 aliphatic heterocycles. The summed E-state index contributed by atoms with van der Waals surface area (Å²) in [5.41, 5.74) is -14.3. The maximum atomic E-state index is 15.4. The molecule has 0 aromatic heterocycles. The fourth-order valence-electron chi connectivity index (χ4n) is 6.98. The Bertz CT molecular complexity index is 2610. The Balaban J connectivity index is 0.000000284. The van der Waals surface area contributed by atoms with Crippen LogP contribution in [0.5, 0.6) is 0 Å². The summed E-state index contributed by atoms with van der Waals surface area (Å²) in [5.74, 6) is -71.9. The molecule has 0 radical (unpaired) electrons. The van der Waals surface area contributed by atoms with Gasteiger partial charge in [-0.1, -0.05) is 18.2 Å². The van der Waals surface area contributed by atoms with Gasteiger partial charge in [0.1, 0.15) is 64.3 Å². The highest BCUT2D eigenvalue weighted by atomic mass is 32.2. The highest BCUT2D eigenvalue weighted by molar-refractivity contribution is 7.97. The highest BCUT2D eigenvalue weighted by Crippen LogP contribution is 2.33. The topological polar surface area (TPSA) is 0 Å². The van der Waals surface area contributed by atoms with Crippen molar-refractivity contribution in [2.24, 2.45) is 0 Å². The normalized spacial score (nSPS) is 11.6. The molecule has 0 saturated heterocycles. The van der Waals surface area contributed by atoms with Crippen LogP contribution >= 0.6 is 0 Å². The van der Waals surface area contributed by atoms with Gasteiger partial charge in [-0.3, -0.25) is 0 Å². The Morgan fingerprint density at radius 3 is 0.606 bits per heavy atom. The predicted octanol–water partition coefficient (Wildman–Crippen LogP) is 10.9. The van der Waals surface area contributed by atoms with Gasteiger partial charge in [0.2, 0.25) is 0 Å². The lowest BCUT2D eigenvalue weighted by Crippen LogP contribution is -2.81. The van der Waals surface area contributed by atoms with Crippen LogP contribution in [0.15, 0.2) is 93.5 Å². The van der Waals surface area contributed by atoms with Gasteiger partial charge in [-0.15, -0.1) is 21.9 Å². The smallest absolute Gasteiger partial charge is 0.200 e. The summed E-state index contributed by atoms with van der Waals surface area (Å²) in [7, 11) is -0.365. The zero-order valence-corrected chi connectivity index (χ0v) is 32.1. The second-order valence-electron chi connectivity index (χ2n) is 13.3. The average Bonchev–Trinajstić information content (AvgIpc) is 3.30. The highest BCUT2D eigenvalue weighted by Gasteiger charge is 2.52. The quantitative estimate of drug-likeness (QED) is 0.0491. The predicted molar refractivity (Wildman–Crippen MR) is 191 cm³/mol. The van der Waals surface area contributed by atoms with E-state index in [1.54, 1.807) is 24.3 Å². The lowest BCUT2D eigenvalue weighted by molar-refractivity contribution is 0.378. The first kappa shape index (κ1) is 48.9. The van der Waals surface area contributed by atoms with Crippen LogP contribution in [0.4, 0.5) is 96.6 Å². The minimum absolute atomic E-state index is 0.255. The van der Waals surface area contributed by atoms with E-state index in [-0.39, 0.29) is 22.5 Å². The molecule has 0 spiro atoms. The monoisotopic (exact) mass is 978 g/mol. The Morgan fingerprint density at radius 2 is 0.394 bits per heavy atom. The fourth-order valence-corrected chi connectivity index (χ4v) is 9.04. The Labute approximate surface area is 356 Å². The molecule has 7 aromatic rings. The van der Waals surface area contributed by atoms with Crippen LogP contribution in [0.3, 0.4) is 0 Å². The van der Waals surface area contributed by atoms with E-state index in [4.69, 9.17) is 0 Å². The van der Waals surface area contributed by atoms with Crippen molar-refractivity contribution in [3.8, 4) is 0 Å². The molecule has 7 aromatic carbocycles. The number of hydrogen-bond donors (Lipinski definition) is 0. The molecule has 0 fully saturated rings. The minimum Gasteiger partial charge on any atom is -0.207 e. The Morgan fingerprint density at radius 1 is 0.212 bits per heavy atom. The van der Waals surface area contributed by atoms with Gasteiger partial charge >= 0.3 is 0 Å². The standard InChI is InChI=1S/C24BF20.C18H13F2S/c26-5-1(6(27)14(35)21(42)13(5)34)25(2-7(28)15(36)22(43)16(37)8(2)29,3-9(30)17(38)23(44)18(39)10(3)31)4-11(32)19(40)24(45)20(41)12(4)33;19-14-6-10-17(11-7-14)21(16-4-2-1-3-5-16)18-12-8-15(20)9-13-18/h;1-13H/q-1;+1. The molecule has 344 valence electrons. The second-order valence-corrected chi connectivity index (χ2v) is 15.4. The number of rotatable bonds is 7. The molecule has 0 N–H and O–H groups in total. The molecule has 0 atom stereocenters. The molecule has 7 rings (SSSR count). The zero-order chi connectivity index (χ0) is 49.0. The van der Waals surface area contributed by atoms with Crippen LogP contribution in [0.25, 0.3) is 0 Å². The summed E-state index contributed by atoms with van der Waals surface area (Å²) in [5, 5.41) is 0. The molecule has 0 unspecified atom stereocenters. The maximum absolute atomic E-state index is 15.4. The molecule has 0 saturated carbocycles. The van der Waals surface area contributed by atoms with E-state index >= 15 is 35.1 Å². The van der Waals surface area contributed by atoms with Crippen molar-refractivity contribution in [3.63, 3.8) is 0 Å². The van der Waals surface area contributed by atoms with E-state index in [2.05, 4.69) is 0 Å². The lowest BCUT2D eigenvalue weighted by atomic mass is 9.12. The van der Waals surface area contributed by atoms with Crippen molar-refractivity contribution in [1.82, 2.24) is 0 Å². The summed E-state index contributed by atoms with van der Waals surface area (Å²) < 4.78 is 320. The van der Waals surface area contributed by atoms with Gasteiger partial charge in [-0.05, 0) is 60.7 Å². The van der Waals surface area contributed by atoms with Crippen molar-refractivity contribution >= 4 is 38.9 Å².